The summed E-state index contributed by atoms with van der Waals surface area (Å²) in [5.74, 6) is -0.205. The first-order chi connectivity index (χ1) is 10.2. The number of rotatable bonds is 6. The highest BCUT2D eigenvalue weighted by Gasteiger charge is 2.08. The predicted octanol–water partition coefficient (Wildman–Crippen LogP) is 3.33. The molecule has 1 amide bonds. The van der Waals surface area contributed by atoms with Gasteiger partial charge in [0.1, 0.15) is 0 Å². The van der Waals surface area contributed by atoms with E-state index in [1.165, 1.54) is 6.08 Å². The number of aliphatic hydroxyl groups is 1. The summed E-state index contributed by atoms with van der Waals surface area (Å²) in [6.07, 6.45) is 4.56. The molecule has 1 atom stereocenters. The lowest BCUT2D eigenvalue weighted by Gasteiger charge is -2.11. The largest absolute Gasteiger partial charge is 0.387 e. The van der Waals surface area contributed by atoms with Crippen LogP contribution in [-0.2, 0) is 4.79 Å². The van der Waals surface area contributed by atoms with Gasteiger partial charge in [-0.1, -0.05) is 18.2 Å². The van der Waals surface area contributed by atoms with Gasteiger partial charge in [0.05, 0.1) is 6.10 Å². The van der Waals surface area contributed by atoms with E-state index in [9.17, 15) is 9.90 Å². The second-order valence-corrected chi connectivity index (χ2v) is 6.24. The zero-order chi connectivity index (χ0) is 15.1. The molecular formula is C16H17NO2S2. The highest BCUT2D eigenvalue weighted by molar-refractivity contribution is 7.98. The molecule has 1 unspecified atom stereocenters. The Balaban J connectivity index is 1.82. The number of carbonyl (C=O) groups excluding carboxylic acids is 1. The van der Waals surface area contributed by atoms with Gasteiger partial charge < -0.3 is 10.4 Å². The third kappa shape index (κ3) is 5.04. The lowest BCUT2D eigenvalue weighted by Crippen LogP contribution is -2.26. The van der Waals surface area contributed by atoms with E-state index in [0.29, 0.717) is 0 Å². The molecule has 2 rings (SSSR count). The van der Waals surface area contributed by atoms with E-state index in [-0.39, 0.29) is 12.5 Å². The van der Waals surface area contributed by atoms with E-state index in [1.807, 2.05) is 48.0 Å². The van der Waals surface area contributed by atoms with Crippen molar-refractivity contribution in [1.82, 2.24) is 5.32 Å². The maximum absolute atomic E-state index is 11.7. The molecule has 2 N–H and O–H groups in total. The van der Waals surface area contributed by atoms with Crippen LogP contribution >= 0.6 is 23.1 Å². The van der Waals surface area contributed by atoms with Gasteiger partial charge in [0, 0.05) is 22.4 Å². The van der Waals surface area contributed by atoms with Crippen LogP contribution in [0.1, 0.15) is 16.5 Å². The molecule has 3 nitrogen and oxygen atoms in total. The molecular weight excluding hydrogens is 302 g/mol. The first-order valence-corrected chi connectivity index (χ1v) is 8.61. The SMILES string of the molecule is CSc1ccc(C(O)CNC(=O)/C=C/c2cccs2)cc1. The number of hydrogen-bond donors (Lipinski definition) is 2. The fraction of sp³-hybridized carbons (Fsp3) is 0.188. The van der Waals surface area contributed by atoms with Crippen LogP contribution in [0.25, 0.3) is 6.08 Å². The summed E-state index contributed by atoms with van der Waals surface area (Å²) in [5.41, 5.74) is 0.801. The fourth-order valence-electron chi connectivity index (χ4n) is 1.74. The molecule has 110 valence electrons. The summed E-state index contributed by atoms with van der Waals surface area (Å²) in [7, 11) is 0. The number of thiophene rings is 1. The zero-order valence-electron chi connectivity index (χ0n) is 11.7. The van der Waals surface area contributed by atoms with Crippen molar-refractivity contribution in [3.63, 3.8) is 0 Å². The Hall–Kier alpha value is -1.56. The lowest BCUT2D eigenvalue weighted by molar-refractivity contribution is -0.116. The number of nitrogens with one attached hydrogen (secondary N) is 1. The molecule has 0 aliphatic carbocycles. The summed E-state index contributed by atoms with van der Waals surface area (Å²) >= 11 is 3.22. The molecule has 0 fully saturated rings. The van der Waals surface area contributed by atoms with Crippen LogP contribution in [0.4, 0.5) is 0 Å². The van der Waals surface area contributed by atoms with Crippen molar-refractivity contribution in [1.29, 1.82) is 0 Å². The maximum Gasteiger partial charge on any atom is 0.244 e. The van der Waals surface area contributed by atoms with Crippen LogP contribution in [0.2, 0.25) is 0 Å². The standard InChI is InChI=1S/C16H17NO2S2/c1-20-13-6-4-12(5-7-13)15(18)11-17-16(19)9-8-14-3-2-10-21-14/h2-10,15,18H,11H2,1H3,(H,17,19)/b9-8+. The van der Waals surface area contributed by atoms with E-state index >= 15 is 0 Å². The Bertz CT molecular complexity index is 591. The molecule has 0 bridgehead atoms. The smallest absolute Gasteiger partial charge is 0.244 e. The van der Waals surface area contributed by atoms with Crippen molar-refractivity contribution in [2.75, 3.05) is 12.8 Å². The number of amides is 1. The summed E-state index contributed by atoms with van der Waals surface area (Å²) in [5, 5.41) is 14.7. The zero-order valence-corrected chi connectivity index (χ0v) is 13.3. The Morgan fingerprint density at radius 2 is 2.14 bits per heavy atom. The van der Waals surface area contributed by atoms with Gasteiger partial charge in [-0.3, -0.25) is 4.79 Å². The molecule has 0 saturated heterocycles. The van der Waals surface area contributed by atoms with E-state index in [2.05, 4.69) is 5.32 Å². The molecule has 0 aliphatic heterocycles. The summed E-state index contributed by atoms with van der Waals surface area (Å²) < 4.78 is 0. The van der Waals surface area contributed by atoms with Crippen molar-refractivity contribution in [2.24, 2.45) is 0 Å². The van der Waals surface area contributed by atoms with Gasteiger partial charge in [-0.05, 0) is 41.5 Å². The predicted molar refractivity (Wildman–Crippen MR) is 89.5 cm³/mol. The molecule has 1 heterocycles. The molecule has 0 saturated carbocycles. The van der Waals surface area contributed by atoms with E-state index in [4.69, 9.17) is 0 Å². The molecule has 2 aromatic rings. The summed E-state index contributed by atoms with van der Waals surface area (Å²) in [6.45, 7) is 0.201. The Labute approximate surface area is 132 Å². The molecule has 21 heavy (non-hydrogen) atoms. The maximum atomic E-state index is 11.7. The summed E-state index contributed by atoms with van der Waals surface area (Å²) in [4.78, 5) is 13.8. The first kappa shape index (κ1) is 15.8. The second kappa shape index (κ2) is 8.02. The molecule has 0 spiro atoms. The number of hydrogen-bond acceptors (Lipinski definition) is 4. The van der Waals surface area contributed by atoms with Crippen LogP contribution < -0.4 is 5.32 Å². The van der Waals surface area contributed by atoms with E-state index < -0.39 is 6.10 Å². The number of aliphatic hydroxyl groups excluding tert-OH is 1. The van der Waals surface area contributed by atoms with E-state index in [0.717, 1.165) is 15.3 Å². The normalized spacial score (nSPS) is 12.5. The quantitative estimate of drug-likeness (QED) is 0.634. The minimum absolute atomic E-state index is 0.201. The highest BCUT2D eigenvalue weighted by atomic mass is 32.2. The third-order valence-corrected chi connectivity index (χ3v) is 4.49. The Morgan fingerprint density at radius 1 is 1.38 bits per heavy atom. The number of thioether (sulfide) groups is 1. The van der Waals surface area contributed by atoms with Crippen molar-refractivity contribution >= 4 is 35.1 Å². The van der Waals surface area contributed by atoms with Gasteiger partial charge >= 0.3 is 0 Å². The minimum atomic E-state index is -0.694. The van der Waals surface area contributed by atoms with Crippen LogP contribution in [0.5, 0.6) is 0 Å². The lowest BCUT2D eigenvalue weighted by atomic mass is 10.1. The summed E-state index contributed by atoms with van der Waals surface area (Å²) in [6, 6.07) is 11.6. The number of benzene rings is 1. The Kier molecular flexibility index (Phi) is 6.04. The molecule has 0 aliphatic rings. The van der Waals surface area contributed by atoms with Crippen molar-refractivity contribution in [3.05, 3.63) is 58.3 Å². The van der Waals surface area contributed by atoms with Gasteiger partial charge in [0.15, 0.2) is 0 Å². The van der Waals surface area contributed by atoms with Gasteiger partial charge in [-0.15, -0.1) is 23.1 Å². The monoisotopic (exact) mass is 319 g/mol. The van der Waals surface area contributed by atoms with Crippen molar-refractivity contribution in [3.8, 4) is 0 Å². The van der Waals surface area contributed by atoms with E-state index in [1.54, 1.807) is 29.2 Å². The molecule has 0 radical (unpaired) electrons. The minimum Gasteiger partial charge on any atom is -0.387 e. The Morgan fingerprint density at radius 3 is 2.76 bits per heavy atom. The van der Waals surface area contributed by atoms with Gasteiger partial charge in [0.25, 0.3) is 0 Å². The average molecular weight is 319 g/mol. The average Bonchev–Trinajstić information content (AvgIpc) is 3.04. The van der Waals surface area contributed by atoms with Crippen molar-refractivity contribution in [2.45, 2.75) is 11.0 Å². The molecule has 1 aromatic carbocycles. The number of carbonyl (C=O) groups is 1. The fourth-order valence-corrected chi connectivity index (χ4v) is 2.77. The van der Waals surface area contributed by atoms with Gasteiger partial charge in [0.2, 0.25) is 5.91 Å². The van der Waals surface area contributed by atoms with Crippen LogP contribution in [0, 0.1) is 0 Å². The molecule has 5 heteroatoms. The van der Waals surface area contributed by atoms with Crippen LogP contribution in [0.15, 0.2) is 52.7 Å². The van der Waals surface area contributed by atoms with Crippen LogP contribution in [0.3, 0.4) is 0 Å². The molecule has 1 aromatic heterocycles. The van der Waals surface area contributed by atoms with Crippen LogP contribution in [-0.4, -0.2) is 23.8 Å². The first-order valence-electron chi connectivity index (χ1n) is 6.50. The van der Waals surface area contributed by atoms with Gasteiger partial charge in [-0.25, -0.2) is 0 Å². The third-order valence-electron chi connectivity index (χ3n) is 2.91. The van der Waals surface area contributed by atoms with Gasteiger partial charge in [-0.2, -0.15) is 0 Å². The second-order valence-electron chi connectivity index (χ2n) is 4.38. The topological polar surface area (TPSA) is 49.3 Å². The van der Waals surface area contributed by atoms with Crippen molar-refractivity contribution < 1.29 is 9.90 Å². The highest BCUT2D eigenvalue weighted by Crippen LogP contribution is 2.18.